The van der Waals surface area contributed by atoms with Crippen LogP contribution < -0.4 is 10.2 Å². The van der Waals surface area contributed by atoms with Crippen LogP contribution in [-0.2, 0) is 11.2 Å². The highest BCUT2D eigenvalue weighted by atomic mass is 16.5. The number of aromatic amines is 1. The molecule has 0 bridgehead atoms. The Labute approximate surface area is 139 Å². The van der Waals surface area contributed by atoms with Gasteiger partial charge < -0.3 is 25.0 Å². The molecule has 1 atom stereocenters. The molecule has 0 aliphatic carbocycles. The quantitative estimate of drug-likeness (QED) is 0.793. The van der Waals surface area contributed by atoms with Gasteiger partial charge in [-0.1, -0.05) is 0 Å². The molecule has 1 amide bonds. The van der Waals surface area contributed by atoms with E-state index < -0.39 is 0 Å². The fraction of sp³-hybridized carbons (Fsp3) is 0.278. The van der Waals surface area contributed by atoms with Crippen molar-refractivity contribution in [2.75, 3.05) is 18.6 Å². The second-order valence-electron chi connectivity index (χ2n) is 6.12. The molecule has 1 aromatic heterocycles. The van der Waals surface area contributed by atoms with Crippen LogP contribution in [0.4, 0.5) is 5.69 Å². The number of aromatic nitrogens is 1. The smallest absolute Gasteiger partial charge is 0.260 e. The van der Waals surface area contributed by atoms with Crippen molar-refractivity contribution in [3.8, 4) is 5.75 Å². The Morgan fingerprint density at radius 1 is 1.42 bits per heavy atom. The normalized spacial score (nSPS) is 18.7. The minimum Gasteiger partial charge on any atom is -0.508 e. The topological polar surface area (TPSA) is 77.6 Å². The molecular weight excluding hydrogens is 306 g/mol. The molecule has 1 aromatic carbocycles. The van der Waals surface area contributed by atoms with E-state index in [1.165, 1.54) is 0 Å². The maximum atomic E-state index is 13.1. The SMILES string of the molecule is COC1NC=C(C)c2[nH]cc(C(=O)N3CCc4cc(O)ccc43)c21. The lowest BCUT2D eigenvalue weighted by Crippen LogP contribution is -2.31. The number of methoxy groups -OCH3 is 1. The fourth-order valence-electron chi connectivity index (χ4n) is 3.50. The summed E-state index contributed by atoms with van der Waals surface area (Å²) >= 11 is 0. The van der Waals surface area contributed by atoms with Gasteiger partial charge in [-0.3, -0.25) is 4.79 Å². The minimum absolute atomic E-state index is 0.0597. The van der Waals surface area contributed by atoms with Gasteiger partial charge in [0.05, 0.1) is 11.3 Å². The number of fused-ring (bicyclic) bond motifs is 2. The number of anilines is 1. The first-order valence-corrected chi connectivity index (χ1v) is 7.91. The first-order chi connectivity index (χ1) is 11.6. The Morgan fingerprint density at radius 3 is 3.04 bits per heavy atom. The summed E-state index contributed by atoms with van der Waals surface area (Å²) in [5.41, 5.74) is 5.26. The van der Waals surface area contributed by atoms with Crippen molar-refractivity contribution in [1.29, 1.82) is 0 Å². The summed E-state index contributed by atoms with van der Waals surface area (Å²) in [6, 6.07) is 5.14. The van der Waals surface area contributed by atoms with Crippen molar-refractivity contribution >= 4 is 17.2 Å². The number of carbonyl (C=O) groups excluding carboxylic acids is 1. The number of allylic oxidation sites excluding steroid dienone is 1. The molecule has 0 fully saturated rings. The number of ether oxygens (including phenoxy) is 1. The van der Waals surface area contributed by atoms with E-state index in [4.69, 9.17) is 4.74 Å². The number of nitrogens with one attached hydrogen (secondary N) is 2. The van der Waals surface area contributed by atoms with Gasteiger partial charge in [-0.15, -0.1) is 0 Å². The van der Waals surface area contributed by atoms with Crippen molar-refractivity contribution in [2.24, 2.45) is 0 Å². The van der Waals surface area contributed by atoms with Crippen LogP contribution in [-0.4, -0.2) is 29.7 Å². The Hall–Kier alpha value is -2.73. The van der Waals surface area contributed by atoms with Crippen LogP contribution in [0.1, 0.15) is 40.3 Å². The third-order valence-electron chi connectivity index (χ3n) is 4.70. The van der Waals surface area contributed by atoms with Gasteiger partial charge in [-0.2, -0.15) is 0 Å². The van der Waals surface area contributed by atoms with Crippen molar-refractivity contribution in [2.45, 2.75) is 19.6 Å². The zero-order valence-corrected chi connectivity index (χ0v) is 13.6. The predicted octanol–water partition coefficient (Wildman–Crippen LogP) is 2.53. The molecule has 2 aliphatic rings. The van der Waals surface area contributed by atoms with Crippen molar-refractivity contribution in [1.82, 2.24) is 10.3 Å². The number of rotatable bonds is 2. The number of aromatic hydroxyl groups is 1. The third kappa shape index (κ3) is 2.11. The lowest BCUT2D eigenvalue weighted by molar-refractivity contribution is 0.0817. The number of phenolic OH excluding ortho intramolecular Hbond substituents is 1. The van der Waals surface area contributed by atoms with Gasteiger partial charge in [-0.25, -0.2) is 0 Å². The summed E-state index contributed by atoms with van der Waals surface area (Å²) in [4.78, 5) is 18.1. The van der Waals surface area contributed by atoms with Gasteiger partial charge in [0.2, 0.25) is 0 Å². The number of hydrogen-bond acceptors (Lipinski definition) is 4. The van der Waals surface area contributed by atoms with E-state index >= 15 is 0 Å². The molecule has 4 rings (SSSR count). The molecule has 6 nitrogen and oxygen atoms in total. The van der Waals surface area contributed by atoms with Gasteiger partial charge in [0.25, 0.3) is 5.91 Å². The van der Waals surface area contributed by atoms with Crippen LogP contribution in [0.5, 0.6) is 5.75 Å². The van der Waals surface area contributed by atoms with Gasteiger partial charge >= 0.3 is 0 Å². The largest absolute Gasteiger partial charge is 0.508 e. The molecule has 0 saturated carbocycles. The standard InChI is InChI=1S/C18H19N3O3/c1-10-8-20-17(24-2)15-13(9-19-16(10)15)18(23)21-6-5-11-7-12(22)3-4-14(11)21/h3-4,7-9,17,19-20,22H,5-6H2,1-2H3. The van der Waals surface area contributed by atoms with Crippen LogP contribution in [0.3, 0.4) is 0 Å². The summed E-state index contributed by atoms with van der Waals surface area (Å²) in [5.74, 6) is 0.168. The molecule has 6 heteroatoms. The molecule has 0 saturated heterocycles. The highest BCUT2D eigenvalue weighted by Crippen LogP contribution is 2.36. The van der Waals surface area contributed by atoms with E-state index in [1.807, 2.05) is 13.1 Å². The van der Waals surface area contributed by atoms with Crippen LogP contribution in [0, 0.1) is 0 Å². The number of nitrogens with zero attached hydrogens (tertiary/aromatic N) is 1. The highest BCUT2D eigenvalue weighted by molar-refractivity contribution is 6.09. The van der Waals surface area contributed by atoms with Gasteiger partial charge in [-0.05, 0) is 42.7 Å². The first kappa shape index (κ1) is 14.8. The van der Waals surface area contributed by atoms with Gasteiger partial charge in [0, 0.05) is 37.3 Å². The van der Waals surface area contributed by atoms with Crippen molar-refractivity contribution < 1.29 is 14.6 Å². The van der Waals surface area contributed by atoms with E-state index in [0.29, 0.717) is 12.1 Å². The zero-order valence-electron chi connectivity index (χ0n) is 13.6. The summed E-state index contributed by atoms with van der Waals surface area (Å²) in [7, 11) is 1.62. The first-order valence-electron chi connectivity index (χ1n) is 7.91. The molecule has 3 N–H and O–H groups in total. The maximum absolute atomic E-state index is 13.1. The number of H-pyrrole nitrogens is 1. The van der Waals surface area contributed by atoms with E-state index in [2.05, 4.69) is 10.3 Å². The Kier molecular flexibility index (Phi) is 3.35. The van der Waals surface area contributed by atoms with Crippen LogP contribution >= 0.6 is 0 Å². The number of benzene rings is 1. The van der Waals surface area contributed by atoms with E-state index in [1.54, 1.807) is 36.4 Å². The monoisotopic (exact) mass is 325 g/mol. The molecule has 3 heterocycles. The molecule has 24 heavy (non-hydrogen) atoms. The van der Waals surface area contributed by atoms with Crippen LogP contribution in [0.25, 0.3) is 5.57 Å². The van der Waals surface area contributed by atoms with Gasteiger partial charge in [0.1, 0.15) is 5.75 Å². The summed E-state index contributed by atoms with van der Waals surface area (Å²) in [5, 5.41) is 12.8. The van der Waals surface area contributed by atoms with E-state index in [0.717, 1.165) is 34.5 Å². The second-order valence-corrected chi connectivity index (χ2v) is 6.12. The molecule has 0 spiro atoms. The molecule has 124 valence electrons. The Bertz CT molecular complexity index is 853. The van der Waals surface area contributed by atoms with E-state index in [-0.39, 0.29) is 17.9 Å². The average Bonchev–Trinajstić information content (AvgIpc) is 3.19. The number of hydrogen-bond donors (Lipinski definition) is 3. The number of phenols is 1. The Balaban J connectivity index is 1.74. The van der Waals surface area contributed by atoms with Gasteiger partial charge in [0.15, 0.2) is 6.23 Å². The predicted molar refractivity (Wildman–Crippen MR) is 90.8 cm³/mol. The molecule has 2 aromatic rings. The van der Waals surface area contributed by atoms with Crippen LogP contribution in [0.2, 0.25) is 0 Å². The lowest BCUT2D eigenvalue weighted by atomic mass is 10.0. The highest BCUT2D eigenvalue weighted by Gasteiger charge is 2.32. The van der Waals surface area contributed by atoms with E-state index in [9.17, 15) is 9.90 Å². The lowest BCUT2D eigenvalue weighted by Gasteiger charge is -2.24. The fourth-order valence-corrected chi connectivity index (χ4v) is 3.50. The summed E-state index contributed by atoms with van der Waals surface area (Å²) in [6.45, 7) is 2.59. The zero-order chi connectivity index (χ0) is 16.8. The van der Waals surface area contributed by atoms with Crippen molar-refractivity contribution in [3.63, 3.8) is 0 Å². The summed E-state index contributed by atoms with van der Waals surface area (Å²) < 4.78 is 5.48. The molecular formula is C18H19N3O3. The molecule has 0 radical (unpaired) electrons. The summed E-state index contributed by atoms with van der Waals surface area (Å²) in [6.07, 6.45) is 4.03. The Morgan fingerprint density at radius 2 is 2.25 bits per heavy atom. The third-order valence-corrected chi connectivity index (χ3v) is 4.70. The second kappa shape index (κ2) is 5.42. The molecule has 1 unspecified atom stereocenters. The number of amides is 1. The molecule has 2 aliphatic heterocycles. The average molecular weight is 325 g/mol. The van der Waals surface area contributed by atoms with Crippen molar-refractivity contribution in [3.05, 3.63) is 53.0 Å². The maximum Gasteiger partial charge on any atom is 0.260 e. The number of carbonyl (C=O) groups is 1. The van der Waals surface area contributed by atoms with Crippen LogP contribution in [0.15, 0.2) is 30.6 Å². The minimum atomic E-state index is -0.351.